The van der Waals surface area contributed by atoms with E-state index in [-0.39, 0.29) is 25.7 Å². The number of phosphoric ester groups is 2. The number of aliphatic hydroxyl groups excluding tert-OH is 1. The lowest BCUT2D eigenvalue weighted by Crippen LogP contribution is -2.30. The van der Waals surface area contributed by atoms with Crippen LogP contribution in [0.25, 0.3) is 0 Å². The van der Waals surface area contributed by atoms with Gasteiger partial charge in [0.25, 0.3) is 0 Å². The van der Waals surface area contributed by atoms with Crippen LogP contribution in [-0.4, -0.2) is 96.7 Å². The molecule has 0 amide bonds. The fourth-order valence-corrected chi connectivity index (χ4v) is 11.7. The molecule has 516 valence electrons. The number of hydrogen-bond acceptors (Lipinski definition) is 15. The topological polar surface area (TPSA) is 237 Å². The van der Waals surface area contributed by atoms with Crippen molar-refractivity contribution in [2.45, 2.75) is 350 Å². The van der Waals surface area contributed by atoms with E-state index < -0.39 is 97.5 Å². The van der Waals surface area contributed by atoms with Gasteiger partial charge in [-0.1, -0.05) is 280 Å². The van der Waals surface area contributed by atoms with Gasteiger partial charge in [0.05, 0.1) is 26.4 Å². The molecule has 5 atom stereocenters. The summed E-state index contributed by atoms with van der Waals surface area (Å²) in [6, 6.07) is 0. The number of ether oxygens (including phenoxy) is 4. The summed E-state index contributed by atoms with van der Waals surface area (Å²) >= 11 is 0. The molecule has 87 heavy (non-hydrogen) atoms. The maximum Gasteiger partial charge on any atom is 0.472 e. The van der Waals surface area contributed by atoms with Gasteiger partial charge in [-0.25, -0.2) is 9.13 Å². The summed E-state index contributed by atoms with van der Waals surface area (Å²) in [5.41, 5.74) is 0. The summed E-state index contributed by atoms with van der Waals surface area (Å²) in [7, 11) is -9.90. The van der Waals surface area contributed by atoms with Crippen molar-refractivity contribution >= 4 is 39.5 Å². The van der Waals surface area contributed by atoms with E-state index in [1.807, 2.05) is 0 Å². The molecule has 0 fully saturated rings. The molecule has 0 aliphatic carbocycles. The monoisotopic (exact) mass is 1280 g/mol. The summed E-state index contributed by atoms with van der Waals surface area (Å²) < 4.78 is 68.1. The van der Waals surface area contributed by atoms with Gasteiger partial charge in [0.1, 0.15) is 19.3 Å². The number of aliphatic hydroxyl groups is 1. The molecule has 17 nitrogen and oxygen atoms in total. The van der Waals surface area contributed by atoms with Crippen LogP contribution in [0.4, 0.5) is 0 Å². The van der Waals surface area contributed by atoms with Crippen LogP contribution in [0.5, 0.6) is 0 Å². The Morgan fingerprint density at radius 3 is 0.713 bits per heavy atom. The fourth-order valence-electron chi connectivity index (χ4n) is 10.1. The predicted octanol–water partition coefficient (Wildman–Crippen LogP) is 18.9. The smallest absolute Gasteiger partial charge is 0.462 e. The maximum absolute atomic E-state index is 13.0. The van der Waals surface area contributed by atoms with Gasteiger partial charge in [-0.15, -0.1) is 0 Å². The molecule has 0 saturated carbocycles. The highest BCUT2D eigenvalue weighted by molar-refractivity contribution is 7.47. The zero-order valence-electron chi connectivity index (χ0n) is 56.6. The highest BCUT2D eigenvalue weighted by Crippen LogP contribution is 2.45. The minimum atomic E-state index is -4.95. The van der Waals surface area contributed by atoms with Gasteiger partial charge in [0, 0.05) is 25.7 Å². The van der Waals surface area contributed by atoms with Gasteiger partial charge >= 0.3 is 39.5 Å². The average molecular weight is 1280 g/mol. The molecule has 0 radical (unpaired) electrons. The van der Waals surface area contributed by atoms with Crippen LogP contribution in [0.15, 0.2) is 0 Å². The van der Waals surface area contributed by atoms with Crippen molar-refractivity contribution in [2.75, 3.05) is 39.6 Å². The van der Waals surface area contributed by atoms with E-state index in [4.69, 9.17) is 37.0 Å². The lowest BCUT2D eigenvalue weighted by molar-refractivity contribution is -0.161. The Morgan fingerprint density at radius 1 is 0.287 bits per heavy atom. The zero-order chi connectivity index (χ0) is 64.7. The molecular formula is C68H132O17P2. The van der Waals surface area contributed by atoms with E-state index in [1.54, 1.807) is 0 Å². The second kappa shape index (κ2) is 57.9. The molecule has 0 heterocycles. The quantitative estimate of drug-likeness (QED) is 0.0222. The average Bonchev–Trinajstić information content (AvgIpc) is 3.68. The Morgan fingerprint density at radius 2 is 0.483 bits per heavy atom. The third-order valence-electron chi connectivity index (χ3n) is 15.6. The first-order valence-electron chi connectivity index (χ1n) is 35.2. The highest BCUT2D eigenvalue weighted by Gasteiger charge is 2.30. The number of carbonyl (C=O) groups excluding carboxylic acids is 4. The van der Waals surface area contributed by atoms with Gasteiger partial charge in [0.2, 0.25) is 0 Å². The van der Waals surface area contributed by atoms with Crippen molar-refractivity contribution in [3.8, 4) is 0 Å². The van der Waals surface area contributed by atoms with E-state index in [0.29, 0.717) is 43.4 Å². The van der Waals surface area contributed by atoms with Crippen molar-refractivity contribution in [1.29, 1.82) is 0 Å². The third kappa shape index (κ3) is 62.6. The first-order chi connectivity index (χ1) is 41.6. The Bertz CT molecular complexity index is 1730. The van der Waals surface area contributed by atoms with Crippen molar-refractivity contribution in [3.05, 3.63) is 0 Å². The Kier molecular flexibility index (Phi) is 56.6. The number of carbonyl (C=O) groups is 4. The summed E-state index contributed by atoms with van der Waals surface area (Å²) in [5.74, 6) is 0.746. The van der Waals surface area contributed by atoms with E-state index in [2.05, 4.69) is 55.4 Å². The summed E-state index contributed by atoms with van der Waals surface area (Å²) in [6.45, 7) is 14.0. The Hall–Kier alpha value is -1.94. The molecule has 0 aromatic rings. The second-order valence-electron chi connectivity index (χ2n) is 26.5. The number of unbranched alkanes of at least 4 members (excludes halogenated alkanes) is 31. The first kappa shape index (κ1) is 85.1. The van der Waals surface area contributed by atoms with Crippen LogP contribution in [0, 0.1) is 23.7 Å². The largest absolute Gasteiger partial charge is 0.472 e. The van der Waals surface area contributed by atoms with Crippen LogP contribution in [0.3, 0.4) is 0 Å². The minimum Gasteiger partial charge on any atom is -0.462 e. The molecule has 3 N–H and O–H groups in total. The van der Waals surface area contributed by atoms with Crippen LogP contribution in [0.2, 0.25) is 0 Å². The second-order valence-corrected chi connectivity index (χ2v) is 29.4. The molecular weight excluding hydrogens is 1150 g/mol. The van der Waals surface area contributed by atoms with E-state index in [0.717, 1.165) is 109 Å². The molecule has 3 unspecified atom stereocenters. The van der Waals surface area contributed by atoms with E-state index in [1.165, 1.54) is 122 Å². The Labute approximate surface area is 530 Å². The predicted molar refractivity (Wildman–Crippen MR) is 349 cm³/mol. The molecule has 0 spiro atoms. The summed E-state index contributed by atoms with van der Waals surface area (Å²) in [4.78, 5) is 72.3. The lowest BCUT2D eigenvalue weighted by Gasteiger charge is -2.21. The number of hydrogen-bond donors (Lipinski definition) is 3. The van der Waals surface area contributed by atoms with Crippen LogP contribution < -0.4 is 0 Å². The van der Waals surface area contributed by atoms with Gasteiger partial charge in [-0.2, -0.15) is 0 Å². The van der Waals surface area contributed by atoms with Crippen molar-refractivity contribution in [2.24, 2.45) is 23.7 Å². The molecule has 19 heteroatoms. The van der Waals surface area contributed by atoms with Gasteiger partial charge < -0.3 is 33.8 Å². The lowest BCUT2D eigenvalue weighted by atomic mass is 10.0. The molecule has 0 aromatic carbocycles. The van der Waals surface area contributed by atoms with Crippen molar-refractivity contribution in [3.63, 3.8) is 0 Å². The number of phosphoric acid groups is 2. The van der Waals surface area contributed by atoms with Gasteiger partial charge in [0.15, 0.2) is 12.2 Å². The summed E-state index contributed by atoms with van der Waals surface area (Å²) in [5, 5.41) is 10.6. The van der Waals surface area contributed by atoms with E-state index in [9.17, 15) is 43.2 Å². The Balaban J connectivity index is 5.20. The molecule has 0 rings (SSSR count). The van der Waals surface area contributed by atoms with Crippen molar-refractivity contribution < 1.29 is 80.2 Å². The summed E-state index contributed by atoms with van der Waals surface area (Å²) in [6.07, 6.45) is 39.3. The first-order valence-corrected chi connectivity index (χ1v) is 38.2. The number of rotatable bonds is 65. The van der Waals surface area contributed by atoms with Crippen molar-refractivity contribution in [1.82, 2.24) is 0 Å². The SMILES string of the molecule is CC(C)CCCCCCCCCCCCCCCCCC(=O)O[C@H](COC(=O)CCCCCCCCCC(C)C)COP(=O)(O)OCC(O)COP(=O)(O)OC[C@@H](COC(=O)CCCCCCCCC(C)C)OC(=O)CCCCCCCCCC(C)C. The fraction of sp³-hybridized carbons (Fsp3) is 0.941. The standard InChI is InChI=1S/C68H132O17P2/c1-58(2)44-36-28-20-16-14-12-10-9-11-13-15-17-23-34-42-50-67(72)84-63(54-78-65(70)48-40-32-24-18-21-29-37-45-59(3)4)56-82-86(74,75)80-52-62(69)53-81-87(76,77)83-57-64(55-79-66(71)49-41-33-27-26-31-39-47-61(7)8)85-68(73)51-43-35-25-19-22-30-38-46-60(5)6/h58-64,69H,9-57H2,1-8H3,(H,74,75)(H,76,77)/t62?,63-,64-/m1/s1. The molecule has 0 saturated heterocycles. The minimum absolute atomic E-state index is 0.102. The van der Waals surface area contributed by atoms with Gasteiger partial charge in [-0.05, 0) is 49.4 Å². The third-order valence-corrected chi connectivity index (χ3v) is 17.5. The molecule has 0 aliphatic heterocycles. The molecule has 0 bridgehead atoms. The maximum atomic E-state index is 13.0. The molecule has 0 aromatic heterocycles. The highest BCUT2D eigenvalue weighted by atomic mass is 31.2. The van der Waals surface area contributed by atoms with Crippen LogP contribution in [0.1, 0.15) is 331 Å². The van der Waals surface area contributed by atoms with E-state index >= 15 is 0 Å². The van der Waals surface area contributed by atoms with Crippen LogP contribution in [-0.2, 0) is 65.4 Å². The normalized spacial score (nSPS) is 14.3. The van der Waals surface area contributed by atoms with Gasteiger partial charge in [-0.3, -0.25) is 37.3 Å². The van der Waals surface area contributed by atoms with Crippen LogP contribution >= 0.6 is 15.6 Å². The number of esters is 4. The zero-order valence-corrected chi connectivity index (χ0v) is 58.4. The molecule has 0 aliphatic rings.